The molecule has 1 rings (SSSR count). The summed E-state index contributed by atoms with van der Waals surface area (Å²) >= 11 is 0. The van der Waals surface area contributed by atoms with E-state index >= 15 is 0 Å². The van der Waals surface area contributed by atoms with Crippen LogP contribution >= 0.6 is 0 Å². The van der Waals surface area contributed by atoms with E-state index in [-0.39, 0.29) is 0 Å². The lowest BCUT2D eigenvalue weighted by Crippen LogP contribution is -2.14. The molecule has 0 fully saturated rings. The van der Waals surface area contributed by atoms with Gasteiger partial charge in [0.05, 0.1) is 5.84 Å². The molecular formula is C11H16N2. The van der Waals surface area contributed by atoms with Gasteiger partial charge < -0.3 is 5.73 Å². The summed E-state index contributed by atoms with van der Waals surface area (Å²) in [6.45, 7) is 4.19. The Bertz CT molecular complexity index is 307. The summed E-state index contributed by atoms with van der Waals surface area (Å²) in [7, 11) is 1.72. The average Bonchev–Trinajstić information content (AvgIpc) is 2.02. The van der Waals surface area contributed by atoms with E-state index in [2.05, 4.69) is 37.0 Å². The fourth-order valence-corrected chi connectivity index (χ4v) is 1.46. The number of nitrogens with two attached hydrogens (primary N) is 1. The second-order valence-electron chi connectivity index (χ2n) is 3.39. The van der Waals surface area contributed by atoms with Crippen LogP contribution in [0.1, 0.15) is 16.7 Å². The van der Waals surface area contributed by atoms with Crippen LogP contribution in [0.5, 0.6) is 0 Å². The molecule has 0 saturated carbocycles. The Hall–Kier alpha value is -1.31. The van der Waals surface area contributed by atoms with Crippen molar-refractivity contribution < 1.29 is 0 Å². The Balaban J connectivity index is 2.89. The Kier molecular flexibility index (Phi) is 3.07. The molecular weight excluding hydrogens is 160 g/mol. The second kappa shape index (κ2) is 4.08. The van der Waals surface area contributed by atoms with Crippen molar-refractivity contribution in [1.29, 1.82) is 0 Å². The van der Waals surface area contributed by atoms with Crippen LogP contribution in [-0.2, 0) is 6.42 Å². The Morgan fingerprint density at radius 3 is 2.23 bits per heavy atom. The number of amidine groups is 1. The van der Waals surface area contributed by atoms with E-state index in [4.69, 9.17) is 5.73 Å². The largest absolute Gasteiger partial charge is 0.387 e. The van der Waals surface area contributed by atoms with E-state index in [9.17, 15) is 0 Å². The highest BCUT2D eigenvalue weighted by molar-refractivity contribution is 5.82. The van der Waals surface area contributed by atoms with Gasteiger partial charge in [0.1, 0.15) is 0 Å². The first-order chi connectivity index (χ1) is 6.11. The Morgan fingerprint density at radius 1 is 1.23 bits per heavy atom. The van der Waals surface area contributed by atoms with Crippen LogP contribution < -0.4 is 5.73 Å². The predicted molar refractivity (Wildman–Crippen MR) is 57.2 cm³/mol. The van der Waals surface area contributed by atoms with Crippen LogP contribution in [0.4, 0.5) is 0 Å². The van der Waals surface area contributed by atoms with Gasteiger partial charge in [-0.15, -0.1) is 0 Å². The van der Waals surface area contributed by atoms with Gasteiger partial charge in [-0.25, -0.2) is 0 Å². The zero-order chi connectivity index (χ0) is 9.84. The highest BCUT2D eigenvalue weighted by Crippen LogP contribution is 2.09. The van der Waals surface area contributed by atoms with Crippen LogP contribution in [0.2, 0.25) is 0 Å². The lowest BCUT2D eigenvalue weighted by Gasteiger charge is -2.03. The molecule has 2 N–H and O–H groups in total. The monoisotopic (exact) mass is 176 g/mol. The zero-order valence-electron chi connectivity index (χ0n) is 8.46. The summed E-state index contributed by atoms with van der Waals surface area (Å²) in [6, 6.07) is 6.44. The quantitative estimate of drug-likeness (QED) is 0.542. The zero-order valence-corrected chi connectivity index (χ0v) is 8.46. The summed E-state index contributed by atoms with van der Waals surface area (Å²) in [5, 5.41) is 0. The summed E-state index contributed by atoms with van der Waals surface area (Å²) < 4.78 is 0. The van der Waals surface area contributed by atoms with Crippen LogP contribution in [0, 0.1) is 13.8 Å². The molecule has 0 heterocycles. The lowest BCUT2D eigenvalue weighted by molar-refractivity contribution is 1.22. The number of aryl methyl sites for hydroxylation is 2. The molecule has 0 amide bonds. The molecule has 0 aliphatic heterocycles. The van der Waals surface area contributed by atoms with Gasteiger partial charge in [-0.2, -0.15) is 0 Å². The fourth-order valence-electron chi connectivity index (χ4n) is 1.46. The van der Waals surface area contributed by atoms with Gasteiger partial charge in [0.2, 0.25) is 0 Å². The van der Waals surface area contributed by atoms with Crippen molar-refractivity contribution in [1.82, 2.24) is 0 Å². The number of aliphatic imine (C=N–C) groups is 1. The first-order valence-electron chi connectivity index (χ1n) is 4.40. The van der Waals surface area contributed by atoms with E-state index in [1.54, 1.807) is 7.05 Å². The van der Waals surface area contributed by atoms with Gasteiger partial charge in [0, 0.05) is 13.5 Å². The summed E-state index contributed by atoms with van der Waals surface area (Å²) in [6.07, 6.45) is 0.749. The normalized spacial score (nSPS) is 11.8. The van der Waals surface area contributed by atoms with Crippen molar-refractivity contribution in [2.24, 2.45) is 10.7 Å². The first kappa shape index (κ1) is 9.78. The van der Waals surface area contributed by atoms with Crippen LogP contribution in [0.25, 0.3) is 0 Å². The Morgan fingerprint density at radius 2 is 1.77 bits per heavy atom. The van der Waals surface area contributed by atoms with E-state index in [1.165, 1.54) is 16.7 Å². The second-order valence-corrected chi connectivity index (χ2v) is 3.39. The number of hydrogen-bond acceptors (Lipinski definition) is 1. The van der Waals surface area contributed by atoms with E-state index in [0.29, 0.717) is 5.84 Å². The van der Waals surface area contributed by atoms with Crippen molar-refractivity contribution in [3.05, 3.63) is 34.9 Å². The third kappa shape index (κ3) is 2.90. The SMILES string of the molecule is CN=C(N)Cc1cc(C)cc(C)c1. The molecule has 70 valence electrons. The maximum absolute atomic E-state index is 5.66. The lowest BCUT2D eigenvalue weighted by atomic mass is 10.0. The molecule has 0 unspecified atom stereocenters. The molecule has 0 aliphatic carbocycles. The van der Waals surface area contributed by atoms with Crippen molar-refractivity contribution in [2.45, 2.75) is 20.3 Å². The van der Waals surface area contributed by atoms with Gasteiger partial charge in [0.25, 0.3) is 0 Å². The van der Waals surface area contributed by atoms with E-state index in [1.807, 2.05) is 0 Å². The van der Waals surface area contributed by atoms with Gasteiger partial charge in [-0.3, -0.25) is 4.99 Å². The predicted octanol–water partition coefficient (Wildman–Crippen LogP) is 1.83. The van der Waals surface area contributed by atoms with Crippen LogP contribution in [-0.4, -0.2) is 12.9 Å². The van der Waals surface area contributed by atoms with Gasteiger partial charge in [0.15, 0.2) is 0 Å². The van der Waals surface area contributed by atoms with Crippen molar-refractivity contribution >= 4 is 5.84 Å². The molecule has 1 aromatic carbocycles. The van der Waals surface area contributed by atoms with Gasteiger partial charge >= 0.3 is 0 Å². The molecule has 0 bridgehead atoms. The maximum atomic E-state index is 5.66. The molecule has 0 saturated heterocycles. The van der Waals surface area contributed by atoms with Gasteiger partial charge in [-0.05, 0) is 19.4 Å². The highest BCUT2D eigenvalue weighted by Gasteiger charge is 1.97. The van der Waals surface area contributed by atoms with Crippen LogP contribution in [0.3, 0.4) is 0 Å². The molecule has 2 nitrogen and oxygen atoms in total. The summed E-state index contributed by atoms with van der Waals surface area (Å²) in [5.74, 6) is 0.685. The average molecular weight is 176 g/mol. The number of nitrogens with zero attached hydrogens (tertiary/aromatic N) is 1. The third-order valence-corrected chi connectivity index (χ3v) is 1.95. The molecule has 0 aliphatic rings. The number of benzene rings is 1. The van der Waals surface area contributed by atoms with Crippen molar-refractivity contribution in [3.63, 3.8) is 0 Å². The minimum Gasteiger partial charge on any atom is -0.387 e. The van der Waals surface area contributed by atoms with E-state index < -0.39 is 0 Å². The third-order valence-electron chi connectivity index (χ3n) is 1.95. The maximum Gasteiger partial charge on any atom is 0.0978 e. The minimum absolute atomic E-state index is 0.685. The smallest absolute Gasteiger partial charge is 0.0978 e. The fraction of sp³-hybridized carbons (Fsp3) is 0.364. The molecule has 1 aromatic rings. The van der Waals surface area contributed by atoms with Crippen molar-refractivity contribution in [2.75, 3.05) is 7.05 Å². The molecule has 0 aromatic heterocycles. The molecule has 2 heteroatoms. The van der Waals surface area contributed by atoms with Crippen LogP contribution in [0.15, 0.2) is 23.2 Å². The van der Waals surface area contributed by atoms with E-state index in [0.717, 1.165) is 6.42 Å². The minimum atomic E-state index is 0.685. The first-order valence-corrected chi connectivity index (χ1v) is 4.40. The van der Waals surface area contributed by atoms with Crippen molar-refractivity contribution in [3.8, 4) is 0 Å². The Labute approximate surface area is 79.5 Å². The highest BCUT2D eigenvalue weighted by atomic mass is 14.8. The molecule has 0 radical (unpaired) electrons. The number of hydrogen-bond donors (Lipinski definition) is 1. The molecule has 13 heavy (non-hydrogen) atoms. The number of rotatable bonds is 2. The van der Waals surface area contributed by atoms with Gasteiger partial charge in [-0.1, -0.05) is 29.3 Å². The molecule has 0 spiro atoms. The summed E-state index contributed by atoms with van der Waals surface area (Å²) in [4.78, 5) is 3.94. The standard InChI is InChI=1S/C11H16N2/c1-8-4-9(2)6-10(5-8)7-11(12)13-3/h4-6H,7H2,1-3H3,(H2,12,13). The molecule has 0 atom stereocenters. The topological polar surface area (TPSA) is 38.4 Å². The summed E-state index contributed by atoms with van der Waals surface area (Å²) in [5.41, 5.74) is 9.45.